The van der Waals surface area contributed by atoms with Gasteiger partial charge < -0.3 is 57.1 Å². The molecule has 0 bridgehead atoms. The van der Waals surface area contributed by atoms with Gasteiger partial charge in [0.1, 0.15) is 47.1 Å². The van der Waals surface area contributed by atoms with Crippen molar-refractivity contribution < 1.29 is 43.0 Å². The molecule has 0 unspecified atom stereocenters. The molecule has 6 rings (SSSR count). The van der Waals surface area contributed by atoms with E-state index in [0.717, 1.165) is 5.39 Å². The van der Waals surface area contributed by atoms with Gasteiger partial charge in [-0.15, -0.1) is 24.7 Å². The number of ether oxygens (including phenoxy) is 2. The second-order valence-electron chi connectivity index (χ2n) is 14.8. The van der Waals surface area contributed by atoms with E-state index < -0.39 is 59.6 Å². The highest BCUT2D eigenvalue weighted by Crippen LogP contribution is 2.27. The Morgan fingerprint density at radius 3 is 1.59 bits per heavy atom. The van der Waals surface area contributed by atoms with Gasteiger partial charge in [0, 0.05) is 59.6 Å². The lowest BCUT2D eigenvalue weighted by Crippen LogP contribution is -2.53. The van der Waals surface area contributed by atoms with Gasteiger partial charge in [0.2, 0.25) is 29.5 Å². The summed E-state index contributed by atoms with van der Waals surface area (Å²) in [5.74, 6) is 1.78. The van der Waals surface area contributed by atoms with E-state index in [1.165, 1.54) is 14.2 Å². The van der Waals surface area contributed by atoms with E-state index in [0.29, 0.717) is 53.8 Å². The summed E-state index contributed by atoms with van der Waals surface area (Å²) < 4.78 is 10.6. The summed E-state index contributed by atoms with van der Waals surface area (Å²) in [5, 5.41) is 26.5. The number of carbonyl (C=O) groups is 7. The van der Waals surface area contributed by atoms with Gasteiger partial charge in [0.25, 0.3) is 11.8 Å². The highest BCUT2D eigenvalue weighted by Gasteiger charge is 2.33. The first-order valence-corrected chi connectivity index (χ1v) is 20.0. The molecule has 6 atom stereocenters. The summed E-state index contributed by atoms with van der Waals surface area (Å²) in [6.07, 6.45) is 12.0. The van der Waals surface area contributed by atoms with Gasteiger partial charge in [-0.25, -0.2) is 0 Å². The third-order valence-corrected chi connectivity index (χ3v) is 10.6. The molecule has 0 spiro atoms. The average molecular weight is 861 g/mol. The first kappa shape index (κ1) is 46.1. The number of terminal acetylenes is 2. The minimum atomic E-state index is -1.10. The third-order valence-electron chi connectivity index (χ3n) is 10.6. The number of aromatic amines is 2. The molecule has 0 radical (unpaired) electrons. The summed E-state index contributed by atoms with van der Waals surface area (Å²) in [6, 6.07) is 11.9. The van der Waals surface area contributed by atoms with Crippen LogP contribution in [0.2, 0.25) is 0 Å². The third kappa shape index (κ3) is 11.6. The zero-order valence-electron chi connectivity index (χ0n) is 34.6. The minimum absolute atomic E-state index is 0.0524. The Kier molecular flexibility index (Phi) is 15.7. The van der Waals surface area contributed by atoms with Crippen molar-refractivity contribution in [2.24, 2.45) is 17.6 Å². The van der Waals surface area contributed by atoms with Gasteiger partial charge in [-0.1, -0.05) is 12.1 Å². The summed E-state index contributed by atoms with van der Waals surface area (Å²) in [6.45, 7) is 1.06. The van der Waals surface area contributed by atoms with Crippen molar-refractivity contribution in [2.75, 3.05) is 27.3 Å². The predicted molar refractivity (Wildman–Crippen MR) is 229 cm³/mol. The maximum absolute atomic E-state index is 12.8. The quantitative estimate of drug-likeness (QED) is 0.0668. The van der Waals surface area contributed by atoms with Gasteiger partial charge in [0.15, 0.2) is 0 Å². The second-order valence-corrected chi connectivity index (χ2v) is 14.8. The number of hydrogen-bond acceptors (Lipinski definition) is 10. The fourth-order valence-corrected chi connectivity index (χ4v) is 7.23. The molecule has 19 nitrogen and oxygen atoms in total. The molecular weight excluding hydrogens is 813 g/mol. The number of carbonyl (C=O) groups excluding carboxylic acids is 7. The number of rotatable bonds is 17. The zero-order valence-corrected chi connectivity index (χ0v) is 34.6. The number of nitrogens with one attached hydrogen (secondary N) is 8. The Morgan fingerprint density at radius 2 is 1.19 bits per heavy atom. The van der Waals surface area contributed by atoms with Crippen LogP contribution in [0.3, 0.4) is 0 Å². The van der Waals surface area contributed by atoms with Crippen molar-refractivity contribution in [2.45, 2.75) is 62.7 Å². The van der Waals surface area contributed by atoms with Crippen molar-refractivity contribution in [3.8, 4) is 42.3 Å². The lowest BCUT2D eigenvalue weighted by atomic mass is 9.97. The van der Waals surface area contributed by atoms with Crippen molar-refractivity contribution in [3.63, 3.8) is 0 Å². The molecular formula is C44H48N10O9. The van der Waals surface area contributed by atoms with Crippen LogP contribution in [0, 0.1) is 47.9 Å². The molecule has 0 aliphatic carbocycles. The first-order valence-electron chi connectivity index (χ1n) is 20.0. The largest absolute Gasteiger partial charge is 0.496 e. The number of hydrogen-bond donors (Lipinski definition) is 9. The van der Waals surface area contributed by atoms with Gasteiger partial charge >= 0.3 is 0 Å². The summed E-state index contributed by atoms with van der Waals surface area (Å²) >= 11 is 0. The van der Waals surface area contributed by atoms with Crippen LogP contribution < -0.4 is 47.1 Å². The molecule has 2 saturated heterocycles. The van der Waals surface area contributed by atoms with E-state index in [9.17, 15) is 38.8 Å². The van der Waals surface area contributed by atoms with Crippen LogP contribution in [0.1, 0.15) is 59.5 Å². The van der Waals surface area contributed by atoms with E-state index in [-0.39, 0.29) is 54.8 Å². The maximum atomic E-state index is 12.8. The second kappa shape index (κ2) is 21.5. The zero-order chi connectivity index (χ0) is 45.6. The van der Waals surface area contributed by atoms with E-state index in [4.69, 9.17) is 28.1 Å². The summed E-state index contributed by atoms with van der Waals surface area (Å²) in [7, 11) is 3.06. The molecule has 4 aromatic rings. The molecule has 328 valence electrons. The van der Waals surface area contributed by atoms with Gasteiger partial charge in [-0.2, -0.15) is 5.26 Å². The van der Waals surface area contributed by atoms with Crippen LogP contribution >= 0.6 is 0 Å². The van der Waals surface area contributed by atoms with Crippen LogP contribution in [0.15, 0.2) is 48.5 Å². The predicted octanol–water partition coefficient (Wildman–Crippen LogP) is 0.627. The summed E-state index contributed by atoms with van der Waals surface area (Å²) in [4.78, 5) is 92.3. The van der Waals surface area contributed by atoms with Gasteiger partial charge in [-0.05, 0) is 62.1 Å². The Morgan fingerprint density at radius 1 is 0.730 bits per heavy atom. The van der Waals surface area contributed by atoms with E-state index in [1.54, 1.807) is 48.5 Å². The monoisotopic (exact) mass is 860 g/mol. The Bertz CT molecular complexity index is 2510. The van der Waals surface area contributed by atoms with E-state index >= 15 is 0 Å². The van der Waals surface area contributed by atoms with Crippen LogP contribution in [0.4, 0.5) is 0 Å². The van der Waals surface area contributed by atoms with Crippen molar-refractivity contribution in [1.82, 2.24) is 41.9 Å². The highest BCUT2D eigenvalue weighted by atomic mass is 16.5. The normalized spacial score (nSPS) is 17.1. The number of amides is 7. The SMILES string of the molecule is C#CC[C@H](NC(=O)c1cc2c(OC)cccc2[nH]1)C(=O)N[C@@H](C[C@@H]1CCNC1=O)C(N)=O.C#CC[C@H](NC(=O)c1cc2c(OC)cccc2[nH]1)C(=O)N[C@H](C#N)C[C@@H]1CCNC1=O. The number of H-pyrrole nitrogens is 2. The lowest BCUT2D eigenvalue weighted by Gasteiger charge is -2.22. The number of nitrogens with two attached hydrogens (primary N) is 1. The molecule has 63 heavy (non-hydrogen) atoms. The molecule has 2 aromatic carbocycles. The van der Waals surface area contributed by atoms with E-state index in [2.05, 4.69) is 53.7 Å². The molecule has 2 aromatic heterocycles. The Hall–Kier alpha value is -7.98. The Labute approximate surface area is 362 Å². The fourth-order valence-electron chi connectivity index (χ4n) is 7.23. The Balaban J connectivity index is 0.000000238. The van der Waals surface area contributed by atoms with Crippen molar-refractivity contribution >= 4 is 63.2 Å². The maximum Gasteiger partial charge on any atom is 0.268 e. The fraction of sp³-hybridized carbons (Fsp3) is 0.364. The van der Waals surface area contributed by atoms with Crippen LogP contribution in [-0.4, -0.2) is 103 Å². The highest BCUT2D eigenvalue weighted by molar-refractivity contribution is 6.03. The smallest absolute Gasteiger partial charge is 0.268 e. The molecule has 2 aliphatic rings. The minimum Gasteiger partial charge on any atom is -0.496 e. The number of nitriles is 1. The number of benzene rings is 2. The number of aromatic nitrogens is 2. The standard InChI is InChI=1S/C22H25N5O5.C22H23N5O4/c1-3-5-15(21(30)27-16(19(23)28)10-12-8-9-24-20(12)29)26-22(31)17-11-13-14(25-17)6-4-7-18(13)32-2;1-3-5-17(21(29)25-14(12-23)10-13-8-9-24-20(13)28)27-22(30)18-11-15-16(26-18)6-4-7-19(15)31-2/h1,4,6-7,11-12,15-16,25H,5,8-10H2,2H3,(H2,23,28)(H,24,29)(H,26,31)(H,27,30);1,4,6-7,11,13-14,17,26H,5,8-10H2,2H3,(H,24,28)(H,25,29)(H,27,30)/t12-,15-,16-;13-,14-,17-/m00/s1. The number of nitrogens with zero attached hydrogens (tertiary/aromatic N) is 1. The molecule has 2 fully saturated rings. The van der Waals surface area contributed by atoms with E-state index in [1.807, 2.05) is 6.07 Å². The molecule has 19 heteroatoms. The van der Waals surface area contributed by atoms with Gasteiger partial charge in [0.05, 0.1) is 20.3 Å². The molecule has 4 heterocycles. The molecule has 2 aliphatic heterocycles. The topological polar surface area (TPSA) is 292 Å². The van der Waals surface area contributed by atoms with Gasteiger partial charge in [-0.3, -0.25) is 33.6 Å². The molecule has 10 N–H and O–H groups in total. The summed E-state index contributed by atoms with van der Waals surface area (Å²) in [5.41, 5.74) is 7.28. The van der Waals surface area contributed by atoms with Crippen LogP contribution in [0.25, 0.3) is 21.8 Å². The number of primary amides is 1. The average Bonchev–Trinajstić information content (AvgIpc) is 4.10. The first-order chi connectivity index (χ1) is 30.3. The molecule has 0 saturated carbocycles. The molecule has 7 amide bonds. The van der Waals surface area contributed by atoms with Crippen molar-refractivity contribution in [1.29, 1.82) is 5.26 Å². The lowest BCUT2D eigenvalue weighted by molar-refractivity contribution is -0.129. The van der Waals surface area contributed by atoms with Crippen LogP contribution in [0.5, 0.6) is 11.5 Å². The van der Waals surface area contributed by atoms with Crippen LogP contribution in [-0.2, 0) is 24.0 Å². The number of fused-ring (bicyclic) bond motifs is 2. The van der Waals surface area contributed by atoms with Crippen molar-refractivity contribution in [3.05, 3.63) is 59.9 Å². The number of methoxy groups -OCH3 is 2.